The number of rotatable bonds is 7. The Balaban J connectivity index is 1.67. The number of carbonyl (C=O) groups is 1. The maximum absolute atomic E-state index is 13.1. The second-order valence-corrected chi connectivity index (χ2v) is 8.90. The number of ether oxygens (including phenoxy) is 1. The van der Waals surface area contributed by atoms with Gasteiger partial charge in [0.2, 0.25) is 11.1 Å². The van der Waals surface area contributed by atoms with E-state index >= 15 is 0 Å². The Morgan fingerprint density at radius 3 is 2.58 bits per heavy atom. The second-order valence-electron chi connectivity index (χ2n) is 7.79. The lowest BCUT2D eigenvalue weighted by Gasteiger charge is -2.33. The second kappa shape index (κ2) is 9.43. The van der Waals surface area contributed by atoms with Gasteiger partial charge in [-0.05, 0) is 30.5 Å². The first-order valence-electron chi connectivity index (χ1n) is 10.5. The molecule has 162 valence electrons. The highest BCUT2D eigenvalue weighted by Gasteiger charge is 2.38. The molecule has 8 heteroatoms. The molecule has 0 aliphatic carbocycles. The molecule has 2 N–H and O–H groups in total. The predicted molar refractivity (Wildman–Crippen MR) is 123 cm³/mol. The Morgan fingerprint density at radius 1 is 1.16 bits per heavy atom. The van der Waals surface area contributed by atoms with E-state index in [9.17, 15) is 4.79 Å². The van der Waals surface area contributed by atoms with Crippen LogP contribution in [0.25, 0.3) is 11.4 Å². The molecule has 2 atom stereocenters. The van der Waals surface area contributed by atoms with Crippen molar-refractivity contribution < 1.29 is 9.53 Å². The number of thioether (sulfide) groups is 1. The van der Waals surface area contributed by atoms with Crippen LogP contribution in [0.15, 0.2) is 59.8 Å². The summed E-state index contributed by atoms with van der Waals surface area (Å²) >= 11 is 1.43. The Morgan fingerprint density at radius 2 is 1.90 bits per heavy atom. The zero-order chi connectivity index (χ0) is 21.8. The van der Waals surface area contributed by atoms with Crippen LogP contribution >= 0.6 is 11.8 Å². The monoisotopic (exact) mass is 437 g/mol. The van der Waals surface area contributed by atoms with Crippen LogP contribution in [0.1, 0.15) is 32.4 Å². The first-order chi connectivity index (χ1) is 15.1. The molecule has 0 saturated heterocycles. The zero-order valence-corrected chi connectivity index (χ0v) is 18.7. The topological polar surface area (TPSA) is 81.1 Å². The van der Waals surface area contributed by atoms with Crippen molar-refractivity contribution in [2.24, 2.45) is 5.92 Å². The number of hydrogen-bond acceptors (Lipinski definition) is 6. The fraction of sp³-hybridized carbons (Fsp3) is 0.348. The molecule has 0 radical (unpaired) electrons. The maximum atomic E-state index is 13.1. The molecule has 7 nitrogen and oxygen atoms in total. The molecule has 0 unspecified atom stereocenters. The number of nitrogens with one attached hydrogen (secondary N) is 2. The number of benzene rings is 2. The predicted octanol–water partition coefficient (Wildman–Crippen LogP) is 3.88. The van der Waals surface area contributed by atoms with E-state index < -0.39 is 0 Å². The Hall–Kier alpha value is -3.00. The van der Waals surface area contributed by atoms with E-state index in [2.05, 4.69) is 34.8 Å². The van der Waals surface area contributed by atoms with Gasteiger partial charge in [0.25, 0.3) is 0 Å². The van der Waals surface area contributed by atoms with Crippen molar-refractivity contribution in [3.63, 3.8) is 0 Å². The van der Waals surface area contributed by atoms with Gasteiger partial charge in [-0.25, -0.2) is 4.68 Å². The van der Waals surface area contributed by atoms with Gasteiger partial charge in [-0.3, -0.25) is 4.79 Å². The third-order valence-corrected chi connectivity index (χ3v) is 6.18. The number of fused-ring (bicyclic) bond motifs is 1. The van der Waals surface area contributed by atoms with Crippen molar-refractivity contribution >= 4 is 17.7 Å². The van der Waals surface area contributed by atoms with E-state index in [1.165, 1.54) is 11.8 Å². The van der Waals surface area contributed by atoms with Crippen LogP contribution in [0.3, 0.4) is 0 Å². The van der Waals surface area contributed by atoms with Crippen LogP contribution in [-0.4, -0.2) is 39.2 Å². The summed E-state index contributed by atoms with van der Waals surface area (Å²) in [6.45, 7) is 7.37. The third-order valence-electron chi connectivity index (χ3n) is 4.96. The minimum Gasteiger partial charge on any atom is -0.494 e. The summed E-state index contributed by atoms with van der Waals surface area (Å²) in [6.07, 6.45) is 0. The van der Waals surface area contributed by atoms with Crippen molar-refractivity contribution in [1.29, 1.82) is 0 Å². The van der Waals surface area contributed by atoms with Crippen LogP contribution in [0.2, 0.25) is 0 Å². The van der Waals surface area contributed by atoms with Crippen molar-refractivity contribution in [2.45, 2.75) is 37.2 Å². The summed E-state index contributed by atoms with van der Waals surface area (Å²) in [4.78, 5) is 13.1. The van der Waals surface area contributed by atoms with Crippen LogP contribution in [0.4, 0.5) is 0 Å². The van der Waals surface area contributed by atoms with Gasteiger partial charge in [0.15, 0.2) is 5.82 Å². The van der Waals surface area contributed by atoms with Gasteiger partial charge in [-0.2, -0.15) is 0 Å². The van der Waals surface area contributed by atoms with E-state index in [0.29, 0.717) is 24.2 Å². The van der Waals surface area contributed by atoms with E-state index in [-0.39, 0.29) is 17.2 Å². The minimum absolute atomic E-state index is 0.0133. The van der Waals surface area contributed by atoms with E-state index in [1.54, 1.807) is 0 Å². The van der Waals surface area contributed by atoms with E-state index in [0.717, 1.165) is 22.7 Å². The number of nitrogens with zero attached hydrogens (tertiary/aromatic N) is 3. The molecule has 1 aliphatic rings. The molecule has 1 amide bonds. The molecule has 0 bridgehead atoms. The molecule has 0 spiro atoms. The lowest BCUT2D eigenvalue weighted by atomic mass is 10.0. The number of aromatic nitrogens is 3. The molecule has 1 aromatic heterocycles. The number of hydrogen-bond donors (Lipinski definition) is 2. The molecule has 3 aromatic rings. The standard InChI is InChI=1S/C23H27N5O2S/c1-4-30-18-12-10-16(11-13-18)19-20(22(29)24-14-15(2)3)31-23-26-25-21(28(23)27-19)17-8-6-5-7-9-17/h5-13,15,19-20,27H,4,14H2,1-3H3,(H,24,29)/t19-,20-/m0/s1. The van der Waals surface area contributed by atoms with Gasteiger partial charge in [0.05, 0.1) is 12.6 Å². The van der Waals surface area contributed by atoms with Crippen molar-refractivity contribution in [1.82, 2.24) is 20.2 Å². The fourth-order valence-electron chi connectivity index (χ4n) is 3.42. The van der Waals surface area contributed by atoms with Gasteiger partial charge >= 0.3 is 0 Å². The molecule has 0 fully saturated rings. The first kappa shape index (κ1) is 21.2. The van der Waals surface area contributed by atoms with E-state index in [4.69, 9.17) is 4.74 Å². The highest BCUT2D eigenvalue weighted by atomic mass is 32.2. The summed E-state index contributed by atoms with van der Waals surface area (Å²) in [6, 6.07) is 17.5. The lowest BCUT2D eigenvalue weighted by Crippen LogP contribution is -2.44. The molecule has 4 rings (SSSR count). The van der Waals surface area contributed by atoms with Gasteiger partial charge in [-0.15, -0.1) is 10.2 Å². The van der Waals surface area contributed by atoms with Crippen molar-refractivity contribution in [3.05, 3.63) is 60.2 Å². The van der Waals surface area contributed by atoms with Gasteiger partial charge in [0, 0.05) is 12.1 Å². The Labute approximate surface area is 186 Å². The third kappa shape index (κ3) is 4.69. The van der Waals surface area contributed by atoms with Crippen molar-refractivity contribution in [2.75, 3.05) is 18.6 Å². The molecule has 2 aromatic carbocycles. The summed E-state index contributed by atoms with van der Waals surface area (Å²) < 4.78 is 7.46. The average Bonchev–Trinajstić information content (AvgIpc) is 3.21. The minimum atomic E-state index is -0.378. The quantitative estimate of drug-likeness (QED) is 0.584. The summed E-state index contributed by atoms with van der Waals surface area (Å²) in [7, 11) is 0. The Kier molecular flexibility index (Phi) is 6.46. The highest BCUT2D eigenvalue weighted by molar-refractivity contribution is 8.00. The highest BCUT2D eigenvalue weighted by Crippen LogP contribution is 2.38. The first-order valence-corrected chi connectivity index (χ1v) is 11.4. The number of amides is 1. The van der Waals surface area contributed by atoms with Crippen molar-refractivity contribution in [3.8, 4) is 17.1 Å². The lowest BCUT2D eigenvalue weighted by molar-refractivity contribution is -0.121. The summed E-state index contributed by atoms with van der Waals surface area (Å²) in [5.74, 6) is 1.90. The van der Waals surface area contributed by atoms with Crippen LogP contribution in [-0.2, 0) is 4.79 Å². The van der Waals surface area contributed by atoms with Gasteiger partial charge in [-0.1, -0.05) is 68.1 Å². The molecular weight excluding hydrogens is 410 g/mol. The van der Waals surface area contributed by atoms with Crippen LogP contribution in [0, 0.1) is 5.92 Å². The molecular formula is C23H27N5O2S. The Bertz CT molecular complexity index is 1020. The summed E-state index contributed by atoms with van der Waals surface area (Å²) in [5, 5.41) is 12.1. The van der Waals surface area contributed by atoms with Gasteiger partial charge < -0.3 is 15.5 Å². The molecule has 2 heterocycles. The van der Waals surface area contributed by atoms with Crippen LogP contribution in [0.5, 0.6) is 5.75 Å². The summed E-state index contributed by atoms with van der Waals surface area (Å²) in [5.41, 5.74) is 5.46. The maximum Gasteiger partial charge on any atom is 0.236 e. The van der Waals surface area contributed by atoms with Gasteiger partial charge in [0.1, 0.15) is 11.0 Å². The fourth-order valence-corrected chi connectivity index (χ4v) is 4.53. The largest absolute Gasteiger partial charge is 0.494 e. The smallest absolute Gasteiger partial charge is 0.236 e. The molecule has 1 aliphatic heterocycles. The number of carbonyl (C=O) groups excluding carboxylic acids is 1. The molecule has 31 heavy (non-hydrogen) atoms. The average molecular weight is 438 g/mol. The normalized spacial score (nSPS) is 17.7. The molecule has 0 saturated carbocycles. The van der Waals surface area contributed by atoms with Crippen LogP contribution < -0.4 is 15.5 Å². The van der Waals surface area contributed by atoms with E-state index in [1.807, 2.05) is 66.2 Å². The zero-order valence-electron chi connectivity index (χ0n) is 17.9. The SMILES string of the molecule is CCOc1ccc([C@@H]2Nn3c(nnc3-c3ccccc3)S[C@@H]2C(=O)NCC(C)C)cc1.